The molecule has 0 bridgehead atoms. The Morgan fingerprint density at radius 2 is 2.18 bits per heavy atom. The Balaban J connectivity index is 2.52. The molecule has 1 saturated heterocycles. The molecule has 2 unspecified atom stereocenters. The molecule has 1 rings (SSSR count). The van der Waals surface area contributed by atoms with Crippen LogP contribution in [0.4, 0.5) is 4.79 Å². The quantitative estimate of drug-likeness (QED) is 0.568. The molecule has 17 heavy (non-hydrogen) atoms. The summed E-state index contributed by atoms with van der Waals surface area (Å²) in [5.41, 5.74) is -0.605. The van der Waals surface area contributed by atoms with Gasteiger partial charge in [-0.2, -0.15) is 0 Å². The van der Waals surface area contributed by atoms with E-state index in [1.54, 1.807) is 20.8 Å². The normalized spacial score (nSPS) is 24.8. The monoisotopic (exact) mass is 243 g/mol. The summed E-state index contributed by atoms with van der Waals surface area (Å²) in [6.45, 7) is 5.22. The molecule has 0 aliphatic carbocycles. The van der Waals surface area contributed by atoms with Gasteiger partial charge in [0, 0.05) is 5.92 Å². The molecule has 0 radical (unpaired) electrons. The highest BCUT2D eigenvalue weighted by molar-refractivity contribution is 5.76. The van der Waals surface area contributed by atoms with E-state index in [1.165, 1.54) is 0 Å². The van der Waals surface area contributed by atoms with E-state index in [1.807, 2.05) is 0 Å². The number of nitrogens with one attached hydrogen (secondary N) is 1. The number of hydrogen-bond acceptors (Lipinski definition) is 5. The molecule has 1 N–H and O–H groups in total. The zero-order valence-corrected chi connectivity index (χ0v) is 10.2. The third-order valence-electron chi connectivity index (χ3n) is 2.22. The largest absolute Gasteiger partial charge is 0.463 e. The van der Waals surface area contributed by atoms with Crippen LogP contribution in [0, 0.1) is 5.92 Å². The molecule has 96 valence electrons. The second-order valence-electron chi connectivity index (χ2n) is 4.94. The predicted octanol–water partition coefficient (Wildman–Crippen LogP) is 0.642. The molecule has 1 aliphatic heterocycles. The van der Waals surface area contributed by atoms with E-state index < -0.39 is 29.6 Å². The summed E-state index contributed by atoms with van der Waals surface area (Å²) < 4.78 is 9.84. The number of esters is 1. The van der Waals surface area contributed by atoms with Crippen LogP contribution >= 0.6 is 0 Å². The molecular weight excluding hydrogens is 226 g/mol. The maximum Gasteiger partial charge on any atom is 0.408 e. The van der Waals surface area contributed by atoms with Crippen LogP contribution in [-0.4, -0.2) is 36.6 Å². The smallest absolute Gasteiger partial charge is 0.408 e. The van der Waals surface area contributed by atoms with Gasteiger partial charge in [0.15, 0.2) is 0 Å². The van der Waals surface area contributed by atoms with Crippen molar-refractivity contribution in [2.24, 2.45) is 5.92 Å². The Labute approximate surface area is 99.6 Å². The number of alkyl carbamates (subject to hydrolysis) is 1. The first-order valence-corrected chi connectivity index (χ1v) is 5.42. The third-order valence-corrected chi connectivity index (χ3v) is 2.22. The first-order valence-electron chi connectivity index (χ1n) is 5.42. The van der Waals surface area contributed by atoms with Crippen molar-refractivity contribution in [1.29, 1.82) is 0 Å². The van der Waals surface area contributed by atoms with E-state index in [9.17, 15) is 14.4 Å². The van der Waals surface area contributed by atoms with Crippen molar-refractivity contribution in [3.05, 3.63) is 0 Å². The van der Waals surface area contributed by atoms with E-state index in [-0.39, 0.29) is 13.0 Å². The number of rotatable bonds is 2. The maximum atomic E-state index is 11.5. The van der Waals surface area contributed by atoms with Crippen LogP contribution in [0.5, 0.6) is 0 Å². The van der Waals surface area contributed by atoms with Gasteiger partial charge >= 0.3 is 12.1 Å². The minimum absolute atomic E-state index is 0.00147. The Morgan fingerprint density at radius 3 is 2.71 bits per heavy atom. The summed E-state index contributed by atoms with van der Waals surface area (Å²) in [7, 11) is 0. The van der Waals surface area contributed by atoms with Gasteiger partial charge in [0.25, 0.3) is 0 Å². The van der Waals surface area contributed by atoms with Crippen molar-refractivity contribution in [3.63, 3.8) is 0 Å². The Morgan fingerprint density at radius 1 is 1.53 bits per heavy atom. The van der Waals surface area contributed by atoms with Crippen LogP contribution in [0.15, 0.2) is 0 Å². The molecule has 6 nitrogen and oxygen atoms in total. The van der Waals surface area contributed by atoms with E-state index in [4.69, 9.17) is 9.47 Å². The van der Waals surface area contributed by atoms with Crippen LogP contribution in [0.1, 0.15) is 27.2 Å². The molecule has 0 aromatic rings. The molecule has 1 amide bonds. The Hall–Kier alpha value is -1.59. The van der Waals surface area contributed by atoms with E-state index in [0.29, 0.717) is 6.29 Å². The van der Waals surface area contributed by atoms with Crippen molar-refractivity contribution in [1.82, 2.24) is 5.32 Å². The van der Waals surface area contributed by atoms with Gasteiger partial charge in [0.05, 0.1) is 12.5 Å². The average Bonchev–Trinajstić information content (AvgIpc) is 2.17. The second-order valence-corrected chi connectivity index (χ2v) is 4.94. The van der Waals surface area contributed by atoms with Gasteiger partial charge in [0.1, 0.15) is 18.5 Å². The number of hydrogen-bond donors (Lipinski definition) is 1. The molecule has 1 aliphatic rings. The summed E-state index contributed by atoms with van der Waals surface area (Å²) in [4.78, 5) is 33.2. The molecule has 0 spiro atoms. The van der Waals surface area contributed by atoms with Gasteiger partial charge in [-0.05, 0) is 20.8 Å². The second kappa shape index (κ2) is 5.16. The summed E-state index contributed by atoms with van der Waals surface area (Å²) in [5, 5.41) is 2.53. The molecule has 1 fully saturated rings. The van der Waals surface area contributed by atoms with Gasteiger partial charge in [0.2, 0.25) is 0 Å². The summed E-state index contributed by atoms with van der Waals surface area (Å²) in [6, 6.07) is -0.514. The lowest BCUT2D eigenvalue weighted by Crippen LogP contribution is -2.49. The van der Waals surface area contributed by atoms with Crippen molar-refractivity contribution in [2.45, 2.75) is 38.8 Å². The van der Waals surface area contributed by atoms with Crippen molar-refractivity contribution in [3.8, 4) is 0 Å². The first-order chi connectivity index (χ1) is 7.81. The lowest BCUT2D eigenvalue weighted by atomic mass is 9.96. The van der Waals surface area contributed by atoms with Crippen molar-refractivity contribution < 1.29 is 23.9 Å². The van der Waals surface area contributed by atoms with Gasteiger partial charge in [-0.1, -0.05) is 0 Å². The molecule has 0 saturated carbocycles. The molecule has 0 aromatic carbocycles. The van der Waals surface area contributed by atoms with Crippen LogP contribution in [0.3, 0.4) is 0 Å². The van der Waals surface area contributed by atoms with Gasteiger partial charge < -0.3 is 19.6 Å². The fourth-order valence-corrected chi connectivity index (χ4v) is 1.45. The van der Waals surface area contributed by atoms with E-state index in [0.717, 1.165) is 0 Å². The standard InChI is InChI=1S/C11H17NO5/c1-11(2,3)17-10(15)12-8-6-16-9(14)4-7(8)5-13/h5,7-8H,4,6H2,1-3H3,(H,12,15). The Bertz CT molecular complexity index is 320. The SMILES string of the molecule is CC(C)(C)OC(=O)NC1COC(=O)CC1C=O. The number of carbonyl (C=O) groups excluding carboxylic acids is 3. The van der Waals surface area contributed by atoms with Crippen molar-refractivity contribution in [2.75, 3.05) is 6.61 Å². The van der Waals surface area contributed by atoms with Crippen LogP contribution in [0.2, 0.25) is 0 Å². The first kappa shape index (κ1) is 13.5. The highest BCUT2D eigenvalue weighted by atomic mass is 16.6. The lowest BCUT2D eigenvalue weighted by molar-refractivity contribution is -0.152. The highest BCUT2D eigenvalue weighted by Crippen LogP contribution is 2.15. The van der Waals surface area contributed by atoms with Crippen molar-refractivity contribution >= 4 is 18.3 Å². The number of cyclic esters (lactones) is 1. The van der Waals surface area contributed by atoms with Gasteiger partial charge in [-0.25, -0.2) is 4.79 Å². The number of ether oxygens (including phenoxy) is 2. The third kappa shape index (κ3) is 4.42. The number of amides is 1. The minimum Gasteiger partial charge on any atom is -0.463 e. The minimum atomic E-state index is -0.618. The highest BCUT2D eigenvalue weighted by Gasteiger charge is 2.32. The van der Waals surface area contributed by atoms with Crippen LogP contribution in [0.25, 0.3) is 0 Å². The zero-order chi connectivity index (χ0) is 13.1. The van der Waals surface area contributed by atoms with Gasteiger partial charge in [-0.15, -0.1) is 0 Å². The fraction of sp³-hybridized carbons (Fsp3) is 0.727. The molecule has 0 aromatic heterocycles. The summed E-state index contributed by atoms with van der Waals surface area (Å²) in [6.07, 6.45) is 0.0270. The average molecular weight is 243 g/mol. The molecule has 1 heterocycles. The van der Waals surface area contributed by atoms with Crippen LogP contribution < -0.4 is 5.32 Å². The number of carbonyl (C=O) groups is 3. The predicted molar refractivity (Wildman–Crippen MR) is 58.3 cm³/mol. The van der Waals surface area contributed by atoms with E-state index in [2.05, 4.69) is 5.32 Å². The maximum absolute atomic E-state index is 11.5. The van der Waals surface area contributed by atoms with E-state index >= 15 is 0 Å². The summed E-state index contributed by atoms with van der Waals surface area (Å²) >= 11 is 0. The number of aldehydes is 1. The fourth-order valence-electron chi connectivity index (χ4n) is 1.45. The van der Waals surface area contributed by atoms with Crippen LogP contribution in [-0.2, 0) is 19.1 Å². The molecule has 2 atom stereocenters. The molecule has 6 heteroatoms. The topological polar surface area (TPSA) is 81.7 Å². The van der Waals surface area contributed by atoms with Gasteiger partial charge in [-0.3, -0.25) is 4.79 Å². The zero-order valence-electron chi connectivity index (χ0n) is 10.2. The lowest BCUT2D eigenvalue weighted by Gasteiger charge is -2.29. The Kier molecular flexibility index (Phi) is 4.09. The summed E-state index contributed by atoms with van der Waals surface area (Å²) in [5.74, 6) is -0.979. The molecular formula is C11H17NO5.